The number of benzene rings is 1. The van der Waals surface area contributed by atoms with Crippen molar-refractivity contribution in [1.29, 1.82) is 5.26 Å². The lowest BCUT2D eigenvalue weighted by atomic mass is 9.70. The Balaban J connectivity index is 1.52. The van der Waals surface area contributed by atoms with E-state index in [0.717, 1.165) is 18.2 Å². The number of carbonyl (C=O) groups excluding carboxylic acids is 1. The van der Waals surface area contributed by atoms with E-state index in [1.807, 2.05) is 23.2 Å². The Morgan fingerprint density at radius 1 is 1.30 bits per heavy atom. The van der Waals surface area contributed by atoms with Gasteiger partial charge in [-0.25, -0.2) is 0 Å². The van der Waals surface area contributed by atoms with Crippen LogP contribution in [-0.2, 0) is 17.5 Å². The van der Waals surface area contributed by atoms with Crippen LogP contribution in [0.3, 0.4) is 0 Å². The first-order valence-corrected chi connectivity index (χ1v) is 10.9. The van der Waals surface area contributed by atoms with Crippen LogP contribution in [0.5, 0.6) is 0 Å². The predicted molar refractivity (Wildman–Crippen MR) is 117 cm³/mol. The van der Waals surface area contributed by atoms with Crippen molar-refractivity contribution < 1.29 is 18.0 Å². The van der Waals surface area contributed by atoms with Gasteiger partial charge >= 0.3 is 6.18 Å². The molecular weight excluding hydrogens is 431 g/mol. The van der Waals surface area contributed by atoms with E-state index in [1.165, 1.54) is 6.07 Å². The Kier molecular flexibility index (Phi) is 6.30. The minimum absolute atomic E-state index is 0.00914. The molecule has 0 bridgehead atoms. The van der Waals surface area contributed by atoms with Crippen LogP contribution in [0.4, 0.5) is 18.9 Å². The molecule has 1 amide bonds. The molecule has 0 saturated carbocycles. The number of alkyl halides is 3. The molecule has 1 spiro atoms. The van der Waals surface area contributed by atoms with Gasteiger partial charge in [-0.1, -0.05) is 6.07 Å². The number of nitrogens with one attached hydrogen (secondary N) is 1. The molecule has 2 aliphatic rings. The molecule has 0 aliphatic carbocycles. The van der Waals surface area contributed by atoms with Gasteiger partial charge in [0.15, 0.2) is 0 Å². The number of aromatic nitrogens is 1. The van der Waals surface area contributed by atoms with Gasteiger partial charge in [0, 0.05) is 57.9 Å². The van der Waals surface area contributed by atoms with Crippen LogP contribution in [0.2, 0.25) is 0 Å². The predicted octanol–water partition coefficient (Wildman–Crippen LogP) is 3.44. The van der Waals surface area contributed by atoms with E-state index in [9.17, 15) is 18.0 Å². The summed E-state index contributed by atoms with van der Waals surface area (Å²) in [6.07, 6.45) is 0.379. The number of rotatable bonds is 4. The Hall–Kier alpha value is -3.12. The van der Waals surface area contributed by atoms with Gasteiger partial charge in [0.05, 0.1) is 23.1 Å². The Morgan fingerprint density at radius 2 is 2.06 bits per heavy atom. The van der Waals surface area contributed by atoms with Gasteiger partial charge in [-0.3, -0.25) is 14.7 Å². The molecule has 1 unspecified atom stereocenters. The quantitative estimate of drug-likeness (QED) is 0.762. The van der Waals surface area contributed by atoms with Crippen molar-refractivity contribution in [1.82, 2.24) is 15.2 Å². The summed E-state index contributed by atoms with van der Waals surface area (Å²) in [7, 11) is 1.64. The van der Waals surface area contributed by atoms with E-state index in [1.54, 1.807) is 25.4 Å². The summed E-state index contributed by atoms with van der Waals surface area (Å²) in [4.78, 5) is 21.1. The van der Waals surface area contributed by atoms with Gasteiger partial charge in [-0.15, -0.1) is 0 Å². The number of anilines is 1. The molecule has 33 heavy (non-hydrogen) atoms. The molecule has 1 atom stereocenters. The summed E-state index contributed by atoms with van der Waals surface area (Å²) in [5.41, 5.74) is 0.0340. The smallest absolute Gasteiger partial charge is 0.371 e. The van der Waals surface area contributed by atoms with E-state index < -0.39 is 11.7 Å². The SMILES string of the molecule is CNC(=O)C1CN(Cc2cccnc2)CC12CCN(c1ccc(C#N)c(C(F)(F)F)c1)CC2. The molecule has 4 rings (SSSR count). The highest BCUT2D eigenvalue weighted by molar-refractivity contribution is 5.80. The minimum Gasteiger partial charge on any atom is -0.371 e. The van der Waals surface area contributed by atoms with Gasteiger partial charge < -0.3 is 10.2 Å². The zero-order valence-electron chi connectivity index (χ0n) is 18.4. The molecule has 1 aromatic heterocycles. The zero-order chi connectivity index (χ0) is 23.6. The monoisotopic (exact) mass is 457 g/mol. The van der Waals surface area contributed by atoms with Crippen molar-refractivity contribution >= 4 is 11.6 Å². The first-order valence-electron chi connectivity index (χ1n) is 10.9. The molecule has 0 radical (unpaired) electrons. The van der Waals surface area contributed by atoms with E-state index in [0.29, 0.717) is 44.7 Å². The Bertz CT molecular complexity index is 1040. The number of halogens is 3. The van der Waals surface area contributed by atoms with E-state index in [4.69, 9.17) is 5.26 Å². The van der Waals surface area contributed by atoms with Crippen LogP contribution in [-0.4, -0.2) is 49.0 Å². The second-order valence-corrected chi connectivity index (χ2v) is 8.89. The second-order valence-electron chi connectivity index (χ2n) is 8.89. The van der Waals surface area contributed by atoms with Gasteiger partial charge in [0.2, 0.25) is 5.91 Å². The molecule has 174 valence electrons. The average molecular weight is 458 g/mol. The maximum Gasteiger partial charge on any atom is 0.417 e. The van der Waals surface area contributed by atoms with Crippen molar-refractivity contribution in [2.45, 2.75) is 25.6 Å². The molecule has 6 nitrogen and oxygen atoms in total. The third kappa shape index (κ3) is 4.67. The standard InChI is InChI=1S/C24H26F3N5O/c1-29-22(33)21-15-31(14-17-3-2-8-30-13-17)16-23(21)6-9-32(10-7-23)19-5-4-18(12-28)20(11-19)24(25,26)27/h2-5,8,11,13,21H,6-7,9-10,14-16H2,1H3,(H,29,33). The number of nitriles is 1. The lowest BCUT2D eigenvalue weighted by Crippen LogP contribution is -2.48. The summed E-state index contributed by atoms with van der Waals surface area (Å²) < 4.78 is 40.2. The van der Waals surface area contributed by atoms with Gasteiger partial charge in [-0.05, 0) is 48.1 Å². The molecule has 1 aromatic carbocycles. The van der Waals surface area contributed by atoms with Crippen molar-refractivity contribution in [2.75, 3.05) is 38.1 Å². The summed E-state index contributed by atoms with van der Waals surface area (Å²) in [6.45, 7) is 3.21. The molecule has 2 aliphatic heterocycles. The number of hydrogen-bond acceptors (Lipinski definition) is 5. The average Bonchev–Trinajstić information content (AvgIpc) is 3.15. The van der Waals surface area contributed by atoms with E-state index in [-0.39, 0.29) is 22.8 Å². The van der Waals surface area contributed by atoms with Crippen LogP contribution in [0, 0.1) is 22.7 Å². The fourth-order valence-corrected chi connectivity index (χ4v) is 5.26. The zero-order valence-corrected chi connectivity index (χ0v) is 18.4. The van der Waals surface area contributed by atoms with Crippen LogP contribution in [0.1, 0.15) is 29.5 Å². The Morgan fingerprint density at radius 3 is 2.67 bits per heavy atom. The van der Waals surface area contributed by atoms with Crippen LogP contribution in [0.15, 0.2) is 42.7 Å². The topological polar surface area (TPSA) is 72.3 Å². The van der Waals surface area contributed by atoms with Gasteiger partial charge in [-0.2, -0.15) is 18.4 Å². The largest absolute Gasteiger partial charge is 0.417 e. The molecule has 9 heteroatoms. The van der Waals surface area contributed by atoms with Gasteiger partial charge in [0.1, 0.15) is 0 Å². The maximum atomic E-state index is 13.4. The molecule has 2 fully saturated rings. The van der Waals surface area contributed by atoms with Crippen molar-refractivity contribution in [3.8, 4) is 6.07 Å². The van der Waals surface area contributed by atoms with E-state index in [2.05, 4.69) is 15.2 Å². The first-order chi connectivity index (χ1) is 15.8. The number of piperidine rings is 1. The first kappa shape index (κ1) is 23.1. The van der Waals surface area contributed by atoms with Gasteiger partial charge in [0.25, 0.3) is 0 Å². The molecule has 2 aromatic rings. The third-order valence-corrected chi connectivity index (χ3v) is 6.96. The van der Waals surface area contributed by atoms with Crippen LogP contribution >= 0.6 is 0 Å². The summed E-state index contributed by atoms with van der Waals surface area (Å²) in [5.74, 6) is -0.164. The highest BCUT2D eigenvalue weighted by Gasteiger charge is 2.51. The molecule has 1 N–H and O–H groups in total. The number of likely N-dealkylation sites (tertiary alicyclic amines) is 1. The second kappa shape index (κ2) is 9.02. The molecule has 2 saturated heterocycles. The number of amides is 1. The molecule has 3 heterocycles. The lowest BCUT2D eigenvalue weighted by molar-refractivity contribution is -0.137. The lowest BCUT2D eigenvalue weighted by Gasteiger charge is -2.43. The van der Waals surface area contributed by atoms with Crippen molar-refractivity contribution in [2.24, 2.45) is 11.3 Å². The summed E-state index contributed by atoms with van der Waals surface area (Å²) in [6, 6.07) is 9.41. The molecular formula is C24H26F3N5O. The number of hydrogen-bond donors (Lipinski definition) is 1. The van der Waals surface area contributed by atoms with E-state index >= 15 is 0 Å². The number of carbonyl (C=O) groups is 1. The highest BCUT2D eigenvalue weighted by Crippen LogP contribution is 2.46. The summed E-state index contributed by atoms with van der Waals surface area (Å²) in [5, 5.41) is 11.8. The maximum absolute atomic E-state index is 13.4. The van der Waals surface area contributed by atoms with Crippen LogP contribution in [0.25, 0.3) is 0 Å². The minimum atomic E-state index is -4.58. The van der Waals surface area contributed by atoms with Crippen molar-refractivity contribution in [3.63, 3.8) is 0 Å². The number of nitrogens with zero attached hydrogens (tertiary/aromatic N) is 4. The highest BCUT2D eigenvalue weighted by atomic mass is 19.4. The van der Waals surface area contributed by atoms with Crippen molar-refractivity contribution in [3.05, 3.63) is 59.4 Å². The fraction of sp³-hybridized carbons (Fsp3) is 0.458. The summed E-state index contributed by atoms with van der Waals surface area (Å²) >= 11 is 0. The number of pyridine rings is 1. The van der Waals surface area contributed by atoms with Crippen LogP contribution < -0.4 is 10.2 Å². The fourth-order valence-electron chi connectivity index (χ4n) is 5.26. The third-order valence-electron chi connectivity index (χ3n) is 6.96. The normalized spacial score (nSPS) is 20.6. The Labute approximate surface area is 191 Å².